The van der Waals surface area contributed by atoms with Crippen LogP contribution in [-0.4, -0.2) is 29.7 Å². The summed E-state index contributed by atoms with van der Waals surface area (Å²) in [6.45, 7) is 23.1. The lowest BCUT2D eigenvalue weighted by molar-refractivity contribution is -0.347. The molecule has 7 heteroatoms. The Kier molecular flexibility index (Phi) is 9.81. The number of carbonyl (C=O) groups is 2. The van der Waals surface area contributed by atoms with Crippen LogP contribution in [0.3, 0.4) is 0 Å². The minimum atomic E-state index is -1.34. The van der Waals surface area contributed by atoms with Crippen LogP contribution in [0.25, 0.3) is 0 Å². The Morgan fingerprint density at radius 1 is 0.975 bits per heavy atom. The fourth-order valence-corrected chi connectivity index (χ4v) is 6.44. The van der Waals surface area contributed by atoms with Crippen molar-refractivity contribution in [2.45, 2.75) is 126 Å². The van der Waals surface area contributed by atoms with Gasteiger partial charge in [0.2, 0.25) is 5.79 Å². The molecule has 0 N–H and O–H groups in total. The van der Waals surface area contributed by atoms with E-state index in [4.69, 9.17) is 18.6 Å². The molecule has 3 heterocycles. The molecule has 1 aromatic rings. The van der Waals surface area contributed by atoms with Crippen LogP contribution in [0.1, 0.15) is 111 Å². The molecular weight excluding hydrogens is 508 g/mol. The lowest BCUT2D eigenvalue weighted by Gasteiger charge is -2.56. The van der Waals surface area contributed by atoms with Crippen molar-refractivity contribution in [3.63, 3.8) is 0 Å². The Morgan fingerprint density at radius 2 is 1.60 bits per heavy atom. The van der Waals surface area contributed by atoms with Crippen molar-refractivity contribution in [2.24, 2.45) is 29.6 Å². The van der Waals surface area contributed by atoms with Crippen molar-refractivity contribution in [3.8, 4) is 0 Å². The third-order valence-electron chi connectivity index (χ3n) is 9.75. The number of hydrogen-bond acceptors (Lipinski definition) is 7. The van der Waals surface area contributed by atoms with E-state index >= 15 is 0 Å². The maximum Gasteiger partial charge on any atom is 0.308 e. The summed E-state index contributed by atoms with van der Waals surface area (Å²) >= 11 is 0. The SMILES string of the molecule is CCc1oc([C@H](C)[C@@H]2O[C@@]3(OC([C@H](C)CC)=C(C)C(=O)[C@@H]3C)[C@@H](C)[C@@H](OC(=O)[C@H](C)CC)[C@@H]2C)c(C)c(=O)c1C. The Labute approximate surface area is 240 Å². The first kappa shape index (κ1) is 32.1. The van der Waals surface area contributed by atoms with Gasteiger partial charge in [-0.1, -0.05) is 55.4 Å². The van der Waals surface area contributed by atoms with Crippen LogP contribution in [0.2, 0.25) is 0 Å². The molecule has 0 radical (unpaired) electrons. The maximum atomic E-state index is 13.7. The molecule has 1 saturated heterocycles. The standard InChI is InChI=1S/C33H50O7/c1-13-16(4)28-20(8)27(35)23(11)33(39-28)24(12)31(38-32(36)17(5)14-2)22(10)30(40-33)21(9)29-19(7)26(34)18(6)25(15-3)37-29/h16-17,21-24,30-31H,13-15H2,1-12H3/t16-,17-,21+,22-,23+,24+,30+,31+,33-/m1/s1. The van der Waals surface area contributed by atoms with E-state index in [0.29, 0.717) is 46.8 Å². The van der Waals surface area contributed by atoms with Crippen molar-refractivity contribution in [3.05, 3.63) is 44.2 Å². The molecule has 9 atom stereocenters. The molecule has 0 saturated carbocycles. The molecule has 2 aliphatic heterocycles. The highest BCUT2D eigenvalue weighted by Crippen LogP contribution is 2.52. The Hall–Kier alpha value is -2.41. The van der Waals surface area contributed by atoms with Crippen molar-refractivity contribution in [1.29, 1.82) is 0 Å². The zero-order valence-corrected chi connectivity index (χ0v) is 26.6. The summed E-state index contributed by atoms with van der Waals surface area (Å²) in [5, 5.41) is 0. The number of Topliss-reactive ketones (excluding diaryl/α,β-unsaturated/α-hetero) is 1. The number of ketones is 1. The van der Waals surface area contributed by atoms with E-state index in [1.165, 1.54) is 0 Å². The average Bonchev–Trinajstić information content (AvgIpc) is 2.95. The van der Waals surface area contributed by atoms with E-state index < -0.39 is 29.8 Å². The monoisotopic (exact) mass is 558 g/mol. The van der Waals surface area contributed by atoms with E-state index in [9.17, 15) is 14.4 Å². The lowest BCUT2D eigenvalue weighted by Crippen LogP contribution is -2.65. The molecule has 3 rings (SSSR count). The van der Waals surface area contributed by atoms with Crippen LogP contribution in [0.15, 0.2) is 20.5 Å². The second-order valence-electron chi connectivity index (χ2n) is 12.3. The van der Waals surface area contributed by atoms with Gasteiger partial charge in [-0.2, -0.15) is 0 Å². The number of aryl methyl sites for hydroxylation is 1. The molecule has 7 nitrogen and oxygen atoms in total. The summed E-state index contributed by atoms with van der Waals surface area (Å²) in [6, 6.07) is 0. The van der Waals surface area contributed by atoms with Crippen LogP contribution < -0.4 is 5.43 Å². The van der Waals surface area contributed by atoms with Gasteiger partial charge in [-0.05, 0) is 40.5 Å². The molecule has 40 heavy (non-hydrogen) atoms. The van der Waals surface area contributed by atoms with Crippen molar-refractivity contribution in [1.82, 2.24) is 0 Å². The smallest absolute Gasteiger partial charge is 0.308 e. The molecule has 0 unspecified atom stereocenters. The zero-order valence-electron chi connectivity index (χ0n) is 26.6. The molecule has 1 fully saturated rings. The van der Waals surface area contributed by atoms with Crippen LogP contribution in [0.4, 0.5) is 0 Å². The van der Waals surface area contributed by atoms with Gasteiger partial charge in [0.05, 0.1) is 23.9 Å². The topological polar surface area (TPSA) is 92.0 Å². The fourth-order valence-electron chi connectivity index (χ4n) is 6.44. The van der Waals surface area contributed by atoms with Gasteiger partial charge >= 0.3 is 5.97 Å². The number of ether oxygens (including phenoxy) is 3. The predicted molar refractivity (Wildman–Crippen MR) is 155 cm³/mol. The number of esters is 1. The lowest BCUT2D eigenvalue weighted by atomic mass is 9.70. The minimum absolute atomic E-state index is 0.0185. The molecule has 0 aromatic carbocycles. The zero-order chi connectivity index (χ0) is 30.3. The molecule has 0 bridgehead atoms. The molecule has 0 aliphatic carbocycles. The van der Waals surface area contributed by atoms with Crippen LogP contribution >= 0.6 is 0 Å². The van der Waals surface area contributed by atoms with Gasteiger partial charge in [0.15, 0.2) is 11.2 Å². The summed E-state index contributed by atoms with van der Waals surface area (Å²) < 4.78 is 26.4. The third-order valence-corrected chi connectivity index (χ3v) is 9.75. The first-order chi connectivity index (χ1) is 18.7. The molecule has 224 valence electrons. The second-order valence-corrected chi connectivity index (χ2v) is 12.3. The Balaban J connectivity index is 2.20. The van der Waals surface area contributed by atoms with Gasteiger partial charge in [0.25, 0.3) is 0 Å². The first-order valence-corrected chi connectivity index (χ1v) is 15.1. The minimum Gasteiger partial charge on any atom is -0.465 e. The highest BCUT2D eigenvalue weighted by molar-refractivity contribution is 5.98. The van der Waals surface area contributed by atoms with E-state index in [2.05, 4.69) is 6.92 Å². The maximum absolute atomic E-state index is 13.7. The average molecular weight is 559 g/mol. The van der Waals surface area contributed by atoms with Gasteiger partial charge in [0, 0.05) is 40.9 Å². The van der Waals surface area contributed by atoms with Gasteiger partial charge in [-0.25, -0.2) is 0 Å². The summed E-state index contributed by atoms with van der Waals surface area (Å²) in [7, 11) is 0. The van der Waals surface area contributed by atoms with Gasteiger partial charge < -0.3 is 18.6 Å². The normalized spacial score (nSPS) is 31.1. The molecule has 1 aromatic heterocycles. The van der Waals surface area contributed by atoms with Crippen LogP contribution in [-0.2, 0) is 30.2 Å². The molecule has 2 aliphatic rings. The van der Waals surface area contributed by atoms with E-state index in [1.54, 1.807) is 13.8 Å². The largest absolute Gasteiger partial charge is 0.465 e. The number of rotatable bonds is 8. The fraction of sp³-hybridized carbons (Fsp3) is 0.727. The van der Waals surface area contributed by atoms with Crippen LogP contribution in [0, 0.1) is 43.4 Å². The summed E-state index contributed by atoms with van der Waals surface area (Å²) in [4.78, 5) is 40.0. The van der Waals surface area contributed by atoms with E-state index in [1.807, 2.05) is 62.3 Å². The summed E-state index contributed by atoms with van der Waals surface area (Å²) in [5.74, 6) is -1.71. The van der Waals surface area contributed by atoms with E-state index in [-0.39, 0.29) is 40.9 Å². The van der Waals surface area contributed by atoms with Crippen molar-refractivity contribution < 1.29 is 28.2 Å². The molecule has 1 spiro atoms. The third kappa shape index (κ3) is 5.31. The van der Waals surface area contributed by atoms with E-state index in [0.717, 1.165) is 6.42 Å². The summed E-state index contributed by atoms with van der Waals surface area (Å²) in [6.07, 6.45) is 0.934. The number of hydrogen-bond donors (Lipinski definition) is 0. The van der Waals surface area contributed by atoms with Crippen molar-refractivity contribution in [2.75, 3.05) is 0 Å². The number of carbonyl (C=O) groups excluding carboxylic acids is 2. The van der Waals surface area contributed by atoms with Crippen LogP contribution in [0.5, 0.6) is 0 Å². The Morgan fingerprint density at radius 3 is 2.15 bits per heavy atom. The first-order valence-electron chi connectivity index (χ1n) is 15.1. The van der Waals surface area contributed by atoms with Crippen molar-refractivity contribution >= 4 is 11.8 Å². The summed E-state index contributed by atoms with van der Waals surface area (Å²) in [5.41, 5.74) is 1.75. The second kappa shape index (κ2) is 12.2. The molecular formula is C33H50O7. The highest BCUT2D eigenvalue weighted by Gasteiger charge is 2.62. The van der Waals surface area contributed by atoms with Gasteiger partial charge in [-0.3, -0.25) is 14.4 Å². The number of allylic oxidation sites excluding steroid dienone is 2. The highest BCUT2D eigenvalue weighted by atomic mass is 16.7. The quantitative estimate of drug-likeness (QED) is 0.324. The Bertz CT molecular complexity index is 1210. The van der Waals surface area contributed by atoms with Gasteiger partial charge in [0.1, 0.15) is 23.4 Å². The predicted octanol–water partition coefficient (Wildman–Crippen LogP) is 6.80. The van der Waals surface area contributed by atoms with Gasteiger partial charge in [-0.15, -0.1) is 0 Å². The molecule has 0 amide bonds.